The van der Waals surface area contributed by atoms with Crippen LogP contribution in [0.15, 0.2) is 24.3 Å². The molecule has 1 aromatic carbocycles. The molecule has 0 saturated carbocycles. The Labute approximate surface area is 118 Å². The second-order valence-corrected chi connectivity index (χ2v) is 6.02. The lowest BCUT2D eigenvalue weighted by Crippen LogP contribution is -2.25. The first-order valence-electron chi connectivity index (χ1n) is 6.40. The number of hydrogen-bond donors (Lipinski definition) is 1. The number of aromatic nitrogens is 1. The molecule has 3 nitrogen and oxygen atoms in total. The van der Waals surface area contributed by atoms with Crippen molar-refractivity contribution in [3.8, 4) is 5.75 Å². The molecule has 0 amide bonds. The van der Waals surface area contributed by atoms with E-state index in [1.54, 1.807) is 18.4 Å². The Balaban J connectivity index is 2.03. The van der Waals surface area contributed by atoms with Crippen LogP contribution < -0.4 is 10.5 Å². The van der Waals surface area contributed by atoms with Gasteiger partial charge in [-0.2, -0.15) is 0 Å². The highest BCUT2D eigenvalue weighted by atomic mass is 32.1. The van der Waals surface area contributed by atoms with Gasteiger partial charge in [-0.3, -0.25) is 0 Å². The van der Waals surface area contributed by atoms with Crippen LogP contribution in [0.5, 0.6) is 5.75 Å². The maximum Gasteiger partial charge on any atom is 0.122 e. The molecule has 2 aromatic rings. The normalized spacial score (nSPS) is 12.4. The van der Waals surface area contributed by atoms with Crippen molar-refractivity contribution < 1.29 is 4.74 Å². The molecule has 0 radical (unpaired) electrons. The van der Waals surface area contributed by atoms with Crippen molar-refractivity contribution in [3.05, 3.63) is 45.4 Å². The minimum absolute atomic E-state index is 0.0706. The highest BCUT2D eigenvalue weighted by molar-refractivity contribution is 7.11. The van der Waals surface area contributed by atoms with Crippen LogP contribution in [0.3, 0.4) is 0 Å². The lowest BCUT2D eigenvalue weighted by molar-refractivity contribution is 0.407. The summed E-state index contributed by atoms with van der Waals surface area (Å²) < 4.78 is 5.35. The molecular formula is C15H20N2OS. The Hall–Kier alpha value is -1.39. The van der Waals surface area contributed by atoms with Crippen LogP contribution in [0, 0.1) is 13.8 Å². The topological polar surface area (TPSA) is 48.1 Å². The van der Waals surface area contributed by atoms with E-state index in [0.29, 0.717) is 0 Å². The summed E-state index contributed by atoms with van der Waals surface area (Å²) in [6.45, 7) is 4.14. The lowest BCUT2D eigenvalue weighted by Gasteiger charge is -2.13. The predicted molar refractivity (Wildman–Crippen MR) is 80.0 cm³/mol. The molecule has 102 valence electrons. The van der Waals surface area contributed by atoms with Crippen molar-refractivity contribution in [1.82, 2.24) is 4.98 Å². The molecule has 1 unspecified atom stereocenters. The van der Waals surface area contributed by atoms with E-state index in [0.717, 1.165) is 34.9 Å². The van der Waals surface area contributed by atoms with Gasteiger partial charge in [0.05, 0.1) is 17.8 Å². The van der Waals surface area contributed by atoms with Crippen LogP contribution in [0.4, 0.5) is 0 Å². The van der Waals surface area contributed by atoms with Crippen LogP contribution in [-0.2, 0) is 12.8 Å². The van der Waals surface area contributed by atoms with Crippen molar-refractivity contribution >= 4 is 11.3 Å². The van der Waals surface area contributed by atoms with E-state index in [4.69, 9.17) is 10.5 Å². The van der Waals surface area contributed by atoms with Crippen molar-refractivity contribution in [1.29, 1.82) is 0 Å². The van der Waals surface area contributed by atoms with Gasteiger partial charge in [0.2, 0.25) is 0 Å². The van der Waals surface area contributed by atoms with Crippen LogP contribution in [-0.4, -0.2) is 18.1 Å². The Morgan fingerprint density at radius 3 is 2.63 bits per heavy atom. The summed E-state index contributed by atoms with van der Waals surface area (Å²) in [4.78, 5) is 5.82. The van der Waals surface area contributed by atoms with Crippen LogP contribution in [0.1, 0.15) is 21.1 Å². The quantitative estimate of drug-likeness (QED) is 0.913. The largest absolute Gasteiger partial charge is 0.496 e. The monoisotopic (exact) mass is 276 g/mol. The SMILES string of the molecule is COc1ccccc1CC(N)Cc1nc(C)c(C)s1. The molecule has 4 heteroatoms. The second-order valence-electron chi connectivity index (χ2n) is 4.73. The van der Waals surface area contributed by atoms with E-state index < -0.39 is 0 Å². The molecule has 0 saturated heterocycles. The van der Waals surface area contributed by atoms with Gasteiger partial charge in [-0.15, -0.1) is 11.3 Å². The van der Waals surface area contributed by atoms with Gasteiger partial charge in [0.15, 0.2) is 0 Å². The summed E-state index contributed by atoms with van der Waals surface area (Å²) in [7, 11) is 1.69. The number of nitrogens with two attached hydrogens (primary N) is 1. The number of methoxy groups -OCH3 is 1. The Morgan fingerprint density at radius 2 is 2.00 bits per heavy atom. The van der Waals surface area contributed by atoms with Gasteiger partial charge in [0, 0.05) is 17.3 Å². The van der Waals surface area contributed by atoms with E-state index in [9.17, 15) is 0 Å². The van der Waals surface area contributed by atoms with E-state index in [2.05, 4.69) is 18.0 Å². The van der Waals surface area contributed by atoms with Gasteiger partial charge >= 0.3 is 0 Å². The number of rotatable bonds is 5. The number of thiazole rings is 1. The third-order valence-electron chi connectivity index (χ3n) is 3.18. The molecule has 0 bridgehead atoms. The number of nitrogens with zero attached hydrogens (tertiary/aromatic N) is 1. The number of aryl methyl sites for hydroxylation is 2. The van der Waals surface area contributed by atoms with Crippen molar-refractivity contribution in [2.24, 2.45) is 5.73 Å². The first kappa shape index (κ1) is 14.0. The third kappa shape index (κ3) is 3.55. The summed E-state index contributed by atoms with van der Waals surface area (Å²) in [6, 6.07) is 8.10. The minimum Gasteiger partial charge on any atom is -0.496 e. The van der Waals surface area contributed by atoms with Gasteiger partial charge < -0.3 is 10.5 Å². The second kappa shape index (κ2) is 6.17. The molecule has 2 N–H and O–H groups in total. The van der Waals surface area contributed by atoms with E-state index in [1.165, 1.54) is 4.88 Å². The fraction of sp³-hybridized carbons (Fsp3) is 0.400. The molecule has 0 fully saturated rings. The lowest BCUT2D eigenvalue weighted by atomic mass is 10.0. The Bertz CT molecular complexity index is 531. The number of para-hydroxylation sites is 1. The molecule has 2 rings (SSSR count). The highest BCUT2D eigenvalue weighted by Gasteiger charge is 2.12. The number of benzene rings is 1. The van der Waals surface area contributed by atoms with Crippen LogP contribution in [0.2, 0.25) is 0 Å². The number of hydrogen-bond acceptors (Lipinski definition) is 4. The van der Waals surface area contributed by atoms with Gasteiger partial charge in [0.25, 0.3) is 0 Å². The van der Waals surface area contributed by atoms with Crippen LogP contribution in [0.25, 0.3) is 0 Å². The van der Waals surface area contributed by atoms with Crippen molar-refractivity contribution in [2.75, 3.05) is 7.11 Å². The minimum atomic E-state index is 0.0706. The maximum atomic E-state index is 6.23. The van der Waals surface area contributed by atoms with E-state index in [-0.39, 0.29) is 6.04 Å². The predicted octanol–water partition coefficient (Wildman–Crippen LogP) is 2.88. The maximum absolute atomic E-state index is 6.23. The zero-order valence-corrected chi connectivity index (χ0v) is 12.5. The van der Waals surface area contributed by atoms with Crippen LogP contribution >= 0.6 is 11.3 Å². The average molecular weight is 276 g/mol. The van der Waals surface area contributed by atoms with Gasteiger partial charge in [-0.25, -0.2) is 4.98 Å². The molecule has 0 aliphatic carbocycles. The summed E-state index contributed by atoms with van der Waals surface area (Å²) in [5.74, 6) is 0.907. The summed E-state index contributed by atoms with van der Waals surface area (Å²) in [6.07, 6.45) is 1.62. The number of ether oxygens (including phenoxy) is 1. The Kier molecular flexibility index (Phi) is 4.56. The molecule has 1 aromatic heterocycles. The van der Waals surface area contributed by atoms with Gasteiger partial charge in [-0.05, 0) is 31.9 Å². The smallest absolute Gasteiger partial charge is 0.122 e. The zero-order valence-electron chi connectivity index (χ0n) is 11.6. The molecule has 1 heterocycles. The summed E-state index contributed by atoms with van der Waals surface area (Å²) >= 11 is 1.74. The van der Waals surface area contributed by atoms with Crippen molar-refractivity contribution in [2.45, 2.75) is 32.7 Å². The first-order valence-corrected chi connectivity index (χ1v) is 7.22. The average Bonchev–Trinajstić information content (AvgIpc) is 2.68. The zero-order chi connectivity index (χ0) is 13.8. The molecule has 1 atom stereocenters. The van der Waals surface area contributed by atoms with Gasteiger partial charge in [-0.1, -0.05) is 18.2 Å². The molecule has 0 aliphatic rings. The van der Waals surface area contributed by atoms with E-state index >= 15 is 0 Å². The molecule has 0 aliphatic heterocycles. The first-order chi connectivity index (χ1) is 9.10. The summed E-state index contributed by atoms with van der Waals surface area (Å²) in [5.41, 5.74) is 8.50. The van der Waals surface area contributed by atoms with E-state index in [1.807, 2.05) is 25.1 Å². The Morgan fingerprint density at radius 1 is 1.26 bits per heavy atom. The fourth-order valence-corrected chi connectivity index (χ4v) is 3.10. The summed E-state index contributed by atoms with van der Waals surface area (Å²) in [5, 5.41) is 1.12. The highest BCUT2D eigenvalue weighted by Crippen LogP contribution is 2.21. The molecule has 0 spiro atoms. The molecule has 19 heavy (non-hydrogen) atoms. The van der Waals surface area contributed by atoms with Crippen molar-refractivity contribution in [3.63, 3.8) is 0 Å². The van der Waals surface area contributed by atoms with Gasteiger partial charge in [0.1, 0.15) is 5.75 Å². The standard InChI is InChI=1S/C15H20N2OS/c1-10-11(2)19-15(17-10)9-13(16)8-12-6-4-5-7-14(12)18-3/h4-7,13H,8-9,16H2,1-3H3. The third-order valence-corrected chi connectivity index (χ3v) is 4.28. The fourth-order valence-electron chi connectivity index (χ4n) is 2.08. The molecular weight excluding hydrogens is 256 g/mol.